The number of hydrogen-bond donors (Lipinski definition) is 2. The molecule has 1 unspecified atom stereocenters. The summed E-state index contributed by atoms with van der Waals surface area (Å²) < 4.78 is 0.207. The third kappa shape index (κ3) is 5.89. The monoisotopic (exact) mass is 720 g/mol. The van der Waals surface area contributed by atoms with Crippen molar-refractivity contribution in [3.05, 3.63) is 0 Å². The molecule has 2 N–H and O–H groups in total. The van der Waals surface area contributed by atoms with Crippen molar-refractivity contribution >= 4 is 41.5 Å². The van der Waals surface area contributed by atoms with Crippen LogP contribution in [0.25, 0.3) is 0 Å². The first-order valence-corrected chi connectivity index (χ1v) is 15.1. The fraction of sp³-hybridized carbons (Fsp3) is 0.750. The number of rotatable bonds is 12. The quantitative estimate of drug-likeness (QED) is 0.176. The molecular weight excluding hydrogens is 691 g/mol. The van der Waals surface area contributed by atoms with E-state index in [9.17, 15) is 24.0 Å². The van der Waals surface area contributed by atoms with Crippen LogP contribution >= 0.6 is 11.8 Å². The molecule has 12 heteroatoms. The molecule has 0 aromatic carbocycles. The van der Waals surface area contributed by atoms with Gasteiger partial charge in [-0.05, 0) is 6.42 Å². The minimum atomic E-state index is -0.587. The molecule has 0 spiro atoms. The zero-order valence-electron chi connectivity index (χ0n) is 18.2. The van der Waals surface area contributed by atoms with Crippen LogP contribution in [0.3, 0.4) is 0 Å². The molecule has 3 atom stereocenters. The first-order chi connectivity index (χ1) is 15.4. The van der Waals surface area contributed by atoms with E-state index in [-0.39, 0.29) is 37.2 Å². The van der Waals surface area contributed by atoms with Gasteiger partial charge < -0.3 is 4.84 Å². The van der Waals surface area contributed by atoms with E-state index < -0.39 is 17.8 Å². The molecule has 3 rings (SSSR count). The molecule has 0 aliphatic carbocycles. The Balaban J connectivity index is 1.16. The molecule has 10 nitrogen and oxygen atoms in total. The molecule has 0 aromatic rings. The first kappa shape index (κ1) is 23.4. The van der Waals surface area contributed by atoms with Gasteiger partial charge in [-0.15, -0.1) is 5.06 Å². The molecule has 3 aliphatic rings. The number of fused-ring (bicyclic) bond motifs is 1. The second-order valence-electron chi connectivity index (χ2n) is 8.34. The van der Waals surface area contributed by atoms with Crippen molar-refractivity contribution < 1.29 is 28.8 Å². The zero-order chi connectivity index (χ0) is 23.1. The van der Waals surface area contributed by atoms with E-state index in [1.165, 1.54) is 0 Å². The van der Waals surface area contributed by atoms with Crippen LogP contribution in [-0.4, -0.2) is 69.7 Å². The minimum Gasteiger partial charge on any atom is -0.330 e. The molecule has 3 aliphatic heterocycles. The zero-order valence-corrected chi connectivity index (χ0v) is 25.4. The predicted octanol–water partition coefficient (Wildman–Crippen LogP) is 1.17. The van der Waals surface area contributed by atoms with Gasteiger partial charge in [0.15, 0.2) is 0 Å². The number of hydrogen-bond acceptors (Lipinski definition) is 7. The Morgan fingerprint density at radius 3 is 2.53 bits per heavy atom. The Morgan fingerprint density at radius 1 is 1.06 bits per heavy atom. The van der Waals surface area contributed by atoms with Gasteiger partial charge in [-0.25, -0.2) is 4.79 Å². The molecule has 5 amide bonds. The van der Waals surface area contributed by atoms with E-state index >= 15 is 0 Å². The molecule has 0 bridgehead atoms. The second kappa shape index (κ2) is 10.8. The summed E-state index contributed by atoms with van der Waals surface area (Å²) in [5, 5.41) is 9.05. The maximum absolute atomic E-state index is 12.0. The van der Waals surface area contributed by atoms with E-state index in [1.54, 1.807) is 0 Å². The number of thioether (sulfide) groups is 1. The number of carbonyl (C=O) groups excluding carboxylic acids is 5. The summed E-state index contributed by atoms with van der Waals surface area (Å²) in [6.45, 7) is 0.559. The van der Waals surface area contributed by atoms with E-state index in [4.69, 9.17) is 4.84 Å². The number of hydroxylamine groups is 2. The first-order valence-electron chi connectivity index (χ1n) is 11.2. The van der Waals surface area contributed by atoms with Gasteiger partial charge in [-0.2, -0.15) is 0 Å². The molecule has 3 fully saturated rings. The summed E-state index contributed by atoms with van der Waals surface area (Å²) >= 11 is 1.94. The van der Waals surface area contributed by atoms with Crippen molar-refractivity contribution in [2.24, 2.45) is 0 Å². The molecule has 3 heterocycles. The molecular formula is C20H29N4O6RfS. The van der Waals surface area contributed by atoms with Crippen molar-refractivity contribution in [2.45, 2.75) is 81.5 Å². The van der Waals surface area contributed by atoms with Crippen LogP contribution in [0.2, 0.25) is 0 Å². The number of urea groups is 1. The van der Waals surface area contributed by atoms with Crippen molar-refractivity contribution in [1.29, 1.82) is 0 Å². The van der Waals surface area contributed by atoms with Gasteiger partial charge in [0, 0.05) is 19.3 Å². The van der Waals surface area contributed by atoms with Gasteiger partial charge in [-0.3, -0.25) is 9.59 Å². The van der Waals surface area contributed by atoms with Crippen LogP contribution in [-0.2, 0) is 24.0 Å². The molecule has 0 saturated carbocycles. The maximum atomic E-state index is 12.0. The summed E-state index contributed by atoms with van der Waals surface area (Å²) in [6, 6.07) is 0.758. The normalized spacial score (nSPS) is 24.7. The average molecular weight is 721 g/mol. The Hall–Kier alpha value is -3.30. The van der Waals surface area contributed by atoms with Crippen molar-refractivity contribution in [3.8, 4) is 0 Å². The van der Waals surface area contributed by atoms with Gasteiger partial charge in [0.25, 0.3) is 11.8 Å². The number of carbonyl (C=O) groups is 5. The molecule has 0 aromatic heterocycles. The predicted molar refractivity (Wildman–Crippen MR) is 111 cm³/mol. The number of amides is 5. The van der Waals surface area contributed by atoms with Crippen LogP contribution in [0.15, 0.2) is 0 Å². The summed E-state index contributed by atoms with van der Waals surface area (Å²) in [4.78, 5) is 63.1. The van der Waals surface area contributed by atoms with E-state index in [0.29, 0.717) is 35.7 Å². The van der Waals surface area contributed by atoms with E-state index in [1.807, 2.05) is 17.1 Å². The van der Waals surface area contributed by atoms with Gasteiger partial charge in [0.1, 0.15) is 0 Å². The van der Waals surface area contributed by atoms with Crippen LogP contribution in [0, 0.1) is 0 Å². The van der Waals surface area contributed by atoms with Gasteiger partial charge >= 0.3 is 117 Å². The van der Waals surface area contributed by atoms with Gasteiger partial charge in [0.05, 0.1) is 0 Å². The van der Waals surface area contributed by atoms with Crippen LogP contribution in [0.1, 0.15) is 64.2 Å². The number of unbranched alkanes of at least 4 members (excludes halogenated alkanes) is 3. The van der Waals surface area contributed by atoms with Crippen molar-refractivity contribution in [3.63, 3.8) is 0 Å². The molecule has 173 valence electrons. The summed E-state index contributed by atoms with van der Waals surface area (Å²) in [7, 11) is 0. The minimum absolute atomic E-state index is 0.0374. The number of nitrogens with zero attached hydrogens (tertiary/aromatic N) is 2. The molecule has 3 saturated heterocycles. The smallest absolute Gasteiger partial charge is 0.330 e. The molecule has 0 radical (unpaired) electrons. The van der Waals surface area contributed by atoms with Crippen molar-refractivity contribution in [1.82, 2.24) is 21.0 Å². The standard InChI is InChI=1S/C20H30N4O6S.Rf/c25-15(7-4-3-6-14-19-13(12-31-14)22-20(29)23-19)21-11-5-1-2-8-18(28)30-24-16(26)9-10-17(24)27;/h13-14,19H,1-12H2,(H3,21,22,23,25,29);/q;+1/p-1/t13-,14?,19-;/m0./s1. The summed E-state index contributed by atoms with van der Waals surface area (Å²) in [5.41, 5.74) is 0. The van der Waals surface area contributed by atoms with Gasteiger partial charge in [0.2, 0.25) is 0 Å². The number of nitrogens with one attached hydrogen (secondary N) is 2. The van der Waals surface area contributed by atoms with Gasteiger partial charge in [-0.1, -0.05) is 6.42 Å². The topological polar surface area (TPSA) is 125 Å². The summed E-state index contributed by atoms with van der Waals surface area (Å²) in [5.74, 6) is -0.477. The van der Waals surface area contributed by atoms with E-state index in [2.05, 4.69) is 10.6 Å². The Kier molecular flexibility index (Phi) is 7.91. The third-order valence-electron chi connectivity index (χ3n) is 5.97. The Morgan fingerprint density at radius 2 is 1.78 bits per heavy atom. The number of imide groups is 1. The Bertz CT molecular complexity index is 738. The molecule has 32 heavy (non-hydrogen) atoms. The Labute approximate surface area is 185 Å². The van der Waals surface area contributed by atoms with Crippen LogP contribution in [0.5, 0.6) is 0 Å². The van der Waals surface area contributed by atoms with Crippen molar-refractivity contribution in [2.75, 3.05) is 12.3 Å². The average Bonchev–Trinajstić information content (AvgIpc) is 3.39. The fourth-order valence-electron chi connectivity index (χ4n) is 4.11. The van der Waals surface area contributed by atoms with Crippen LogP contribution < -0.4 is 10.6 Å². The SMILES string of the molecule is O=C(CCCCC1SC[C@H]2[C@@H]1NC(=O)[N]2[Rf])NCCCCCC(=O)ON1C(=O)CCC1=O. The van der Waals surface area contributed by atoms with E-state index in [0.717, 1.165) is 37.9 Å². The van der Waals surface area contributed by atoms with Crippen LogP contribution in [0.4, 0.5) is 4.79 Å². The second-order valence-corrected chi connectivity index (χ2v) is 12.7. The third-order valence-corrected chi connectivity index (χ3v) is 10.9. The fourth-order valence-corrected chi connectivity index (χ4v) is 8.61. The summed E-state index contributed by atoms with van der Waals surface area (Å²) in [6.07, 6.45) is 5.70.